The molecule has 1 saturated heterocycles. The molecule has 2 aromatic rings. The van der Waals surface area contributed by atoms with E-state index in [1.807, 2.05) is 26.0 Å². The number of carbonyl (C=O) groups is 1. The molecule has 2 aliphatic rings. The van der Waals surface area contributed by atoms with Gasteiger partial charge in [0.05, 0.1) is 9.82 Å². The van der Waals surface area contributed by atoms with Gasteiger partial charge in [0.25, 0.3) is 11.6 Å². The molecule has 34 heavy (non-hydrogen) atoms. The van der Waals surface area contributed by atoms with E-state index in [-0.39, 0.29) is 42.3 Å². The summed E-state index contributed by atoms with van der Waals surface area (Å²) < 4.78 is 29.3. The van der Waals surface area contributed by atoms with E-state index >= 15 is 0 Å². The number of rotatable bonds is 6. The van der Waals surface area contributed by atoms with Crippen LogP contribution in [0, 0.1) is 35.3 Å². The lowest BCUT2D eigenvalue weighted by Crippen LogP contribution is -2.50. The highest BCUT2D eigenvalue weighted by Crippen LogP contribution is 2.38. The average molecular weight is 484 g/mol. The largest absolute Gasteiger partial charge is 0.346 e. The van der Waals surface area contributed by atoms with Crippen molar-refractivity contribution in [2.45, 2.75) is 37.6 Å². The quantitative estimate of drug-likeness (QED) is 0.269. The Balaban J connectivity index is 1.45. The number of sulfonamides is 1. The van der Waals surface area contributed by atoms with Crippen LogP contribution in [0.2, 0.25) is 0 Å². The molecule has 1 aromatic heterocycles. The van der Waals surface area contributed by atoms with Crippen LogP contribution in [0.1, 0.15) is 35.8 Å². The number of carbonyl (C=O) groups excluding carboxylic acids is 1. The molecule has 4 rings (SSSR count). The first-order valence-electron chi connectivity index (χ1n) is 11.0. The van der Waals surface area contributed by atoms with Crippen molar-refractivity contribution >= 4 is 27.7 Å². The molecule has 2 heterocycles. The summed E-state index contributed by atoms with van der Waals surface area (Å²) in [7, 11) is -3.85. The van der Waals surface area contributed by atoms with Crippen molar-refractivity contribution in [1.82, 2.24) is 13.8 Å². The Labute approximate surface area is 197 Å². The minimum Gasteiger partial charge on any atom is -0.346 e. The van der Waals surface area contributed by atoms with Crippen LogP contribution in [0.3, 0.4) is 0 Å². The van der Waals surface area contributed by atoms with E-state index in [1.165, 1.54) is 21.3 Å². The molecule has 0 bridgehead atoms. The molecule has 1 aliphatic heterocycles. The van der Waals surface area contributed by atoms with E-state index in [1.54, 1.807) is 6.08 Å². The predicted octanol–water partition coefficient (Wildman–Crippen LogP) is 2.79. The van der Waals surface area contributed by atoms with E-state index in [0.717, 1.165) is 41.9 Å². The molecule has 11 heteroatoms. The minimum atomic E-state index is -3.85. The van der Waals surface area contributed by atoms with Crippen LogP contribution in [0.5, 0.6) is 0 Å². The van der Waals surface area contributed by atoms with Gasteiger partial charge in [0, 0.05) is 55.7 Å². The molecule has 1 aromatic carbocycles. The normalized spacial score (nSPS) is 17.4. The molecule has 0 atom stereocenters. The summed E-state index contributed by atoms with van der Waals surface area (Å²) in [5, 5.41) is 20.4. The minimum absolute atomic E-state index is 0.0164. The van der Waals surface area contributed by atoms with Crippen molar-refractivity contribution < 1.29 is 18.1 Å². The number of hydrogen-bond donors (Lipinski definition) is 0. The fourth-order valence-corrected chi connectivity index (χ4v) is 5.75. The summed E-state index contributed by atoms with van der Waals surface area (Å²) >= 11 is 0. The highest BCUT2D eigenvalue weighted by Gasteiger charge is 2.32. The third kappa shape index (κ3) is 4.47. The van der Waals surface area contributed by atoms with Crippen LogP contribution in [-0.2, 0) is 14.8 Å². The maximum absolute atomic E-state index is 13.0. The van der Waals surface area contributed by atoms with Crippen LogP contribution < -0.4 is 0 Å². The molecular weight excluding hydrogens is 458 g/mol. The Morgan fingerprint density at radius 3 is 2.29 bits per heavy atom. The maximum atomic E-state index is 13.0. The van der Waals surface area contributed by atoms with Crippen LogP contribution in [0.15, 0.2) is 40.8 Å². The summed E-state index contributed by atoms with van der Waals surface area (Å²) in [6, 6.07) is 9.19. The van der Waals surface area contributed by atoms with E-state index < -0.39 is 20.9 Å². The van der Waals surface area contributed by atoms with Gasteiger partial charge in [-0.15, -0.1) is 0 Å². The van der Waals surface area contributed by atoms with Gasteiger partial charge in [0.15, 0.2) is 0 Å². The fourth-order valence-electron chi connectivity index (χ4n) is 4.33. The average Bonchev–Trinajstić information content (AvgIpc) is 3.62. The van der Waals surface area contributed by atoms with Crippen LogP contribution in [-0.4, -0.2) is 59.2 Å². The number of nitro benzene ring substituents is 1. The predicted molar refractivity (Wildman–Crippen MR) is 124 cm³/mol. The lowest BCUT2D eigenvalue weighted by Gasteiger charge is -2.33. The zero-order chi connectivity index (χ0) is 24.6. The van der Waals surface area contributed by atoms with E-state index in [0.29, 0.717) is 6.04 Å². The molecule has 1 aliphatic carbocycles. The molecule has 0 spiro atoms. The molecule has 178 valence electrons. The zero-order valence-corrected chi connectivity index (χ0v) is 19.8. The Morgan fingerprint density at radius 2 is 1.76 bits per heavy atom. The first kappa shape index (κ1) is 23.7. The second kappa shape index (κ2) is 9.04. The number of aryl methyl sites for hydroxylation is 1. The molecule has 0 unspecified atom stereocenters. The number of aromatic nitrogens is 1. The number of nitriles is 1. The third-order valence-electron chi connectivity index (χ3n) is 6.30. The molecule has 1 amide bonds. The van der Waals surface area contributed by atoms with E-state index in [9.17, 15) is 28.6 Å². The second-order valence-electron chi connectivity index (χ2n) is 8.54. The Hall–Kier alpha value is -3.49. The van der Waals surface area contributed by atoms with Crippen LogP contribution in [0.25, 0.3) is 6.08 Å². The smallest absolute Gasteiger partial charge is 0.269 e. The number of nitrogens with zero attached hydrogens (tertiary/aromatic N) is 5. The topological polar surface area (TPSA) is 130 Å². The van der Waals surface area contributed by atoms with Gasteiger partial charge in [-0.05, 0) is 56.5 Å². The lowest BCUT2D eigenvalue weighted by molar-refractivity contribution is -0.384. The van der Waals surface area contributed by atoms with Gasteiger partial charge in [0.1, 0.15) is 11.6 Å². The summed E-state index contributed by atoms with van der Waals surface area (Å²) in [5.41, 5.74) is 2.79. The van der Waals surface area contributed by atoms with Gasteiger partial charge in [0.2, 0.25) is 10.0 Å². The van der Waals surface area contributed by atoms with Crippen molar-refractivity contribution in [3.63, 3.8) is 0 Å². The molecule has 2 fully saturated rings. The maximum Gasteiger partial charge on any atom is 0.269 e. The van der Waals surface area contributed by atoms with Gasteiger partial charge in [-0.3, -0.25) is 14.9 Å². The monoisotopic (exact) mass is 483 g/mol. The summed E-state index contributed by atoms with van der Waals surface area (Å²) in [6.07, 6.45) is 3.89. The third-order valence-corrected chi connectivity index (χ3v) is 8.21. The van der Waals surface area contributed by atoms with Gasteiger partial charge in [-0.25, -0.2) is 8.42 Å². The lowest BCUT2D eigenvalue weighted by atomic mass is 10.1. The second-order valence-corrected chi connectivity index (χ2v) is 10.5. The molecular formula is C23H25N5O5S. The van der Waals surface area contributed by atoms with Crippen molar-refractivity contribution in [1.29, 1.82) is 5.26 Å². The van der Waals surface area contributed by atoms with Crippen LogP contribution >= 0.6 is 0 Å². The van der Waals surface area contributed by atoms with E-state index in [2.05, 4.69) is 4.57 Å². The molecule has 0 radical (unpaired) electrons. The van der Waals surface area contributed by atoms with Crippen molar-refractivity contribution in [2.75, 3.05) is 26.2 Å². The Morgan fingerprint density at radius 1 is 1.15 bits per heavy atom. The number of piperazine rings is 1. The van der Waals surface area contributed by atoms with Crippen LogP contribution in [0.4, 0.5) is 5.69 Å². The highest BCUT2D eigenvalue weighted by atomic mass is 32.2. The zero-order valence-electron chi connectivity index (χ0n) is 19.0. The van der Waals surface area contributed by atoms with Gasteiger partial charge in [-0.2, -0.15) is 9.57 Å². The molecule has 0 N–H and O–H groups in total. The van der Waals surface area contributed by atoms with E-state index in [4.69, 9.17) is 0 Å². The number of amides is 1. The highest BCUT2D eigenvalue weighted by molar-refractivity contribution is 7.89. The van der Waals surface area contributed by atoms with Gasteiger partial charge < -0.3 is 9.47 Å². The standard InChI is InChI=1S/C23H25N5O5S/c1-16-13-18(17(2)27(16)20-3-4-20)14-19(15-24)23(29)25-9-11-26(12-10-25)34(32,33)22-7-5-21(6-8-22)28(30)31/h5-8,13-14,20H,3-4,9-12H2,1-2H3/b19-14+. The Kier molecular flexibility index (Phi) is 6.29. The molecule has 10 nitrogen and oxygen atoms in total. The van der Waals surface area contributed by atoms with Crippen molar-refractivity contribution in [3.05, 3.63) is 63.0 Å². The van der Waals surface area contributed by atoms with Gasteiger partial charge >= 0.3 is 0 Å². The summed E-state index contributed by atoms with van der Waals surface area (Å²) in [4.78, 5) is 24.7. The SMILES string of the molecule is Cc1cc(/C=C(\C#N)C(=O)N2CCN(S(=O)(=O)c3ccc([N+](=O)[O-])cc3)CC2)c(C)n1C1CC1. The molecule has 1 saturated carbocycles. The number of non-ortho nitro benzene ring substituents is 1. The Bertz CT molecular complexity index is 1310. The first-order valence-corrected chi connectivity index (χ1v) is 12.4. The number of hydrogen-bond acceptors (Lipinski definition) is 6. The summed E-state index contributed by atoms with van der Waals surface area (Å²) in [6.45, 7) is 4.43. The first-order chi connectivity index (χ1) is 16.1. The number of nitro groups is 1. The fraction of sp³-hybridized carbons (Fsp3) is 0.391. The van der Waals surface area contributed by atoms with Crippen molar-refractivity contribution in [2.24, 2.45) is 0 Å². The number of benzene rings is 1. The van der Waals surface area contributed by atoms with Crippen molar-refractivity contribution in [3.8, 4) is 6.07 Å². The summed E-state index contributed by atoms with van der Waals surface area (Å²) in [5.74, 6) is -0.425. The van der Waals surface area contributed by atoms with Gasteiger partial charge in [-0.1, -0.05) is 0 Å².